The molecule has 8 heteroatoms. The highest BCUT2D eigenvalue weighted by molar-refractivity contribution is 8.01. The van der Waals surface area contributed by atoms with Crippen LogP contribution in [0.2, 0.25) is 0 Å². The summed E-state index contributed by atoms with van der Waals surface area (Å²) in [5.41, 5.74) is 3.34. The van der Waals surface area contributed by atoms with Gasteiger partial charge in [0.2, 0.25) is 10.0 Å². The molecular weight excluding hydrogens is 530 g/mol. The van der Waals surface area contributed by atoms with Gasteiger partial charge in [-0.15, -0.1) is 11.8 Å². The fourth-order valence-electron chi connectivity index (χ4n) is 5.36. The van der Waals surface area contributed by atoms with Gasteiger partial charge in [-0.05, 0) is 35.4 Å². The first-order valence-electron chi connectivity index (χ1n) is 13.3. The summed E-state index contributed by atoms with van der Waals surface area (Å²) >= 11 is 1.76. The van der Waals surface area contributed by atoms with E-state index in [-0.39, 0.29) is 17.8 Å². The SMILES string of the molecule is CC(C)C[C@H](OC[C@@H]1C[C@@H](SC(c2ccccc2)(c2ccccc2)c2ccccc2)CN1S(C)(=O)=O)C(=O)O. The molecule has 0 radical (unpaired) electrons. The molecule has 0 aliphatic carbocycles. The number of carboxylic acids is 1. The van der Waals surface area contributed by atoms with Crippen molar-refractivity contribution in [3.05, 3.63) is 108 Å². The molecule has 1 aliphatic rings. The predicted molar refractivity (Wildman–Crippen MR) is 157 cm³/mol. The molecular formula is C31H37NO5S2. The topological polar surface area (TPSA) is 83.9 Å². The lowest BCUT2D eigenvalue weighted by molar-refractivity contribution is -0.152. The quantitative estimate of drug-likeness (QED) is 0.286. The summed E-state index contributed by atoms with van der Waals surface area (Å²) in [5.74, 6) is -0.873. The molecule has 0 unspecified atom stereocenters. The zero-order valence-electron chi connectivity index (χ0n) is 22.6. The monoisotopic (exact) mass is 567 g/mol. The fraction of sp³-hybridized carbons (Fsp3) is 0.387. The van der Waals surface area contributed by atoms with Crippen LogP contribution in [0.15, 0.2) is 91.0 Å². The first-order valence-corrected chi connectivity index (χ1v) is 16.0. The largest absolute Gasteiger partial charge is 0.479 e. The average molecular weight is 568 g/mol. The number of benzene rings is 3. The molecule has 0 aromatic heterocycles. The van der Waals surface area contributed by atoms with Crippen LogP contribution in [0.4, 0.5) is 0 Å². The van der Waals surface area contributed by atoms with Crippen LogP contribution < -0.4 is 0 Å². The molecule has 1 fully saturated rings. The van der Waals surface area contributed by atoms with Crippen molar-refractivity contribution in [3.8, 4) is 0 Å². The van der Waals surface area contributed by atoms with E-state index in [4.69, 9.17) is 4.74 Å². The molecule has 1 heterocycles. The highest BCUT2D eigenvalue weighted by atomic mass is 32.2. The van der Waals surface area contributed by atoms with Gasteiger partial charge in [-0.1, -0.05) is 105 Å². The van der Waals surface area contributed by atoms with Crippen molar-refractivity contribution < 1.29 is 23.1 Å². The Morgan fingerprint density at radius 2 is 1.41 bits per heavy atom. The van der Waals surface area contributed by atoms with E-state index in [9.17, 15) is 18.3 Å². The van der Waals surface area contributed by atoms with Gasteiger partial charge in [-0.3, -0.25) is 0 Å². The van der Waals surface area contributed by atoms with Crippen molar-refractivity contribution in [2.24, 2.45) is 5.92 Å². The highest BCUT2D eigenvalue weighted by Crippen LogP contribution is 2.52. The first kappa shape index (κ1) is 29.3. The maximum atomic E-state index is 12.9. The Morgan fingerprint density at radius 1 is 0.949 bits per heavy atom. The van der Waals surface area contributed by atoms with E-state index < -0.39 is 32.9 Å². The lowest BCUT2D eigenvalue weighted by Gasteiger charge is -2.37. The molecule has 1 saturated heterocycles. The second-order valence-electron chi connectivity index (χ2n) is 10.5. The van der Waals surface area contributed by atoms with Gasteiger partial charge in [0.15, 0.2) is 6.10 Å². The normalized spacial score (nSPS) is 19.3. The van der Waals surface area contributed by atoms with Crippen molar-refractivity contribution in [1.82, 2.24) is 4.31 Å². The smallest absolute Gasteiger partial charge is 0.332 e. The Morgan fingerprint density at radius 3 is 1.79 bits per heavy atom. The second kappa shape index (κ2) is 12.7. The van der Waals surface area contributed by atoms with Gasteiger partial charge in [0.05, 0.1) is 17.6 Å². The summed E-state index contributed by atoms with van der Waals surface area (Å²) in [6, 6.07) is 30.5. The Kier molecular flexibility index (Phi) is 9.54. The van der Waals surface area contributed by atoms with Crippen LogP contribution in [-0.4, -0.2) is 60.6 Å². The van der Waals surface area contributed by atoms with Crippen molar-refractivity contribution in [1.29, 1.82) is 0 Å². The zero-order valence-corrected chi connectivity index (χ0v) is 24.3. The summed E-state index contributed by atoms with van der Waals surface area (Å²) < 4.78 is 32.5. The maximum absolute atomic E-state index is 12.9. The molecule has 0 amide bonds. The van der Waals surface area contributed by atoms with Gasteiger partial charge in [-0.25, -0.2) is 13.2 Å². The van der Waals surface area contributed by atoms with E-state index in [1.807, 2.05) is 68.4 Å². The number of sulfonamides is 1. The van der Waals surface area contributed by atoms with Gasteiger partial charge in [0.1, 0.15) is 0 Å². The van der Waals surface area contributed by atoms with Crippen molar-refractivity contribution in [2.45, 2.75) is 48.8 Å². The van der Waals surface area contributed by atoms with E-state index in [0.717, 1.165) is 16.7 Å². The molecule has 3 aromatic rings. The average Bonchev–Trinajstić information content (AvgIpc) is 3.34. The molecule has 0 saturated carbocycles. The second-order valence-corrected chi connectivity index (χ2v) is 14.0. The number of carboxylic acid groups (broad SMARTS) is 1. The Labute approximate surface area is 236 Å². The van der Waals surface area contributed by atoms with Gasteiger partial charge >= 0.3 is 5.97 Å². The van der Waals surface area contributed by atoms with Crippen molar-refractivity contribution in [2.75, 3.05) is 19.4 Å². The van der Waals surface area contributed by atoms with E-state index in [1.54, 1.807) is 11.8 Å². The number of carbonyl (C=O) groups is 1. The maximum Gasteiger partial charge on any atom is 0.332 e. The third kappa shape index (κ3) is 6.92. The standard InChI is InChI=1S/C31H37NO5S2/c1-23(2)19-29(30(33)34)37-22-27-20-28(21-32(27)39(3,35)36)38-31(24-13-7-4-8-14-24,25-15-9-5-10-16-25)26-17-11-6-12-18-26/h4-18,23,27-29H,19-22H2,1-3H3,(H,33,34)/t27-,28+,29-/m0/s1. The fourth-order valence-corrected chi connectivity index (χ4v) is 8.46. The highest BCUT2D eigenvalue weighted by Gasteiger charge is 2.45. The molecule has 0 bridgehead atoms. The van der Waals surface area contributed by atoms with Crippen LogP contribution in [0, 0.1) is 5.92 Å². The van der Waals surface area contributed by atoms with Gasteiger partial charge in [0.25, 0.3) is 0 Å². The summed E-state index contributed by atoms with van der Waals surface area (Å²) in [7, 11) is -3.53. The van der Waals surface area contributed by atoms with Crippen LogP contribution >= 0.6 is 11.8 Å². The first-order chi connectivity index (χ1) is 18.6. The number of aliphatic carboxylic acids is 1. The molecule has 1 N–H and O–H groups in total. The summed E-state index contributed by atoms with van der Waals surface area (Å²) in [5, 5.41) is 9.59. The number of ether oxygens (including phenoxy) is 1. The Hall–Kier alpha value is -2.65. The number of nitrogens with zero attached hydrogens (tertiary/aromatic N) is 1. The molecule has 3 atom stereocenters. The minimum atomic E-state index is -3.53. The Bertz CT molecular complexity index is 1220. The molecule has 1 aliphatic heterocycles. The summed E-state index contributed by atoms with van der Waals surface area (Å²) in [6.07, 6.45) is 1.18. The van der Waals surface area contributed by atoms with E-state index >= 15 is 0 Å². The lowest BCUT2D eigenvalue weighted by atomic mass is 9.84. The van der Waals surface area contributed by atoms with Crippen LogP contribution in [-0.2, 0) is 24.3 Å². The molecule has 0 spiro atoms. The number of thioether (sulfide) groups is 1. The van der Waals surface area contributed by atoms with Crippen LogP contribution in [0.1, 0.15) is 43.4 Å². The molecule has 6 nitrogen and oxygen atoms in total. The van der Waals surface area contributed by atoms with Crippen molar-refractivity contribution in [3.63, 3.8) is 0 Å². The van der Waals surface area contributed by atoms with Gasteiger partial charge < -0.3 is 9.84 Å². The van der Waals surface area contributed by atoms with Crippen LogP contribution in [0.25, 0.3) is 0 Å². The number of hydrogen-bond acceptors (Lipinski definition) is 5. The molecule has 39 heavy (non-hydrogen) atoms. The molecule has 4 rings (SSSR count). The van der Waals surface area contributed by atoms with Crippen LogP contribution in [0.5, 0.6) is 0 Å². The summed E-state index contributed by atoms with van der Waals surface area (Å²) in [4.78, 5) is 11.8. The third-order valence-electron chi connectivity index (χ3n) is 7.09. The minimum Gasteiger partial charge on any atom is -0.479 e. The van der Waals surface area contributed by atoms with Crippen molar-refractivity contribution >= 4 is 27.8 Å². The van der Waals surface area contributed by atoms with E-state index in [0.29, 0.717) is 19.4 Å². The summed E-state index contributed by atoms with van der Waals surface area (Å²) in [6.45, 7) is 4.26. The third-order valence-corrected chi connectivity index (χ3v) is 10.1. The molecule has 3 aromatic carbocycles. The van der Waals surface area contributed by atoms with E-state index in [2.05, 4.69) is 36.4 Å². The number of rotatable bonds is 12. The molecule has 208 valence electrons. The van der Waals surface area contributed by atoms with E-state index in [1.165, 1.54) is 10.6 Å². The Balaban J connectivity index is 1.71. The van der Waals surface area contributed by atoms with Crippen LogP contribution in [0.3, 0.4) is 0 Å². The lowest BCUT2D eigenvalue weighted by Crippen LogP contribution is -2.39. The van der Waals surface area contributed by atoms with Gasteiger partial charge in [-0.2, -0.15) is 4.31 Å². The number of hydrogen-bond donors (Lipinski definition) is 1. The zero-order chi connectivity index (χ0) is 28.0. The minimum absolute atomic E-state index is 0.0445. The van der Waals surface area contributed by atoms with Gasteiger partial charge in [0, 0.05) is 17.8 Å². The predicted octanol–water partition coefficient (Wildman–Crippen LogP) is 5.63.